The van der Waals surface area contributed by atoms with Gasteiger partial charge in [-0.15, -0.1) is 0 Å². The van der Waals surface area contributed by atoms with E-state index in [0.717, 1.165) is 12.3 Å². The summed E-state index contributed by atoms with van der Waals surface area (Å²) in [6.45, 7) is 1.28. The average molecular weight is 267 g/mol. The Kier molecular flexibility index (Phi) is 3.83. The molecule has 1 aromatic carbocycles. The van der Waals surface area contributed by atoms with E-state index in [-0.39, 0.29) is 5.56 Å². The maximum Gasteiger partial charge on any atom is 0.194 e. The van der Waals surface area contributed by atoms with Crippen molar-refractivity contribution < 1.29 is 21.6 Å². The number of hydrogen-bond donors (Lipinski definition) is 1. The number of sulfone groups is 1. The molecule has 0 heterocycles. The second kappa shape index (κ2) is 4.66. The molecule has 0 spiro atoms. The van der Waals surface area contributed by atoms with Gasteiger partial charge in [0.05, 0.1) is 5.25 Å². The second-order valence-electron chi connectivity index (χ2n) is 3.83. The van der Waals surface area contributed by atoms with Crippen LogP contribution in [0.15, 0.2) is 12.1 Å². The second-order valence-corrected chi connectivity index (χ2v) is 6.23. The molecule has 0 saturated carbocycles. The van der Waals surface area contributed by atoms with E-state index in [1.54, 1.807) is 0 Å². The summed E-state index contributed by atoms with van der Waals surface area (Å²) in [7, 11) is -3.50. The first kappa shape index (κ1) is 14.0. The maximum absolute atomic E-state index is 13.4. The van der Waals surface area contributed by atoms with Gasteiger partial charge in [-0.05, 0) is 13.0 Å². The first-order valence-corrected chi connectivity index (χ1v) is 6.69. The Bertz CT molecular complexity index is 531. The van der Waals surface area contributed by atoms with Gasteiger partial charge in [0.1, 0.15) is 0 Å². The fourth-order valence-electron chi connectivity index (χ4n) is 1.32. The zero-order valence-electron chi connectivity index (χ0n) is 9.25. The summed E-state index contributed by atoms with van der Waals surface area (Å²) in [4.78, 5) is 0. The number of benzene rings is 1. The summed E-state index contributed by atoms with van der Waals surface area (Å²) in [5, 5.41) is -1.10. The molecule has 2 N–H and O–H groups in total. The van der Waals surface area contributed by atoms with Crippen LogP contribution in [0.1, 0.15) is 18.5 Å². The van der Waals surface area contributed by atoms with Gasteiger partial charge in [0, 0.05) is 17.9 Å². The lowest BCUT2D eigenvalue weighted by atomic mass is 10.0. The highest BCUT2D eigenvalue weighted by atomic mass is 32.2. The predicted molar refractivity (Wildman–Crippen MR) is 57.6 cm³/mol. The molecule has 0 bridgehead atoms. The Morgan fingerprint density at radius 1 is 1.18 bits per heavy atom. The van der Waals surface area contributed by atoms with Crippen LogP contribution in [0.4, 0.5) is 13.2 Å². The third kappa shape index (κ3) is 2.78. The van der Waals surface area contributed by atoms with E-state index < -0.39 is 38.6 Å². The highest BCUT2D eigenvalue weighted by Gasteiger charge is 2.28. The number of hydrogen-bond acceptors (Lipinski definition) is 3. The van der Waals surface area contributed by atoms with Crippen LogP contribution in [-0.4, -0.2) is 19.9 Å². The SMILES string of the molecule is CC(C(N)c1ccc(F)c(F)c1F)S(C)(=O)=O. The predicted octanol–water partition coefficient (Wildman–Crippen LogP) is 1.54. The van der Waals surface area contributed by atoms with E-state index >= 15 is 0 Å². The summed E-state index contributed by atoms with van der Waals surface area (Å²) >= 11 is 0. The third-order valence-corrected chi connectivity index (χ3v) is 4.25. The van der Waals surface area contributed by atoms with Crippen molar-refractivity contribution in [3.05, 3.63) is 35.1 Å². The molecule has 17 heavy (non-hydrogen) atoms. The van der Waals surface area contributed by atoms with Crippen LogP contribution in [0.25, 0.3) is 0 Å². The molecule has 0 aliphatic carbocycles. The Balaban J connectivity index is 3.23. The lowest BCUT2D eigenvalue weighted by molar-refractivity contribution is 0.434. The van der Waals surface area contributed by atoms with Crippen molar-refractivity contribution in [3.63, 3.8) is 0 Å². The molecule has 2 atom stereocenters. The van der Waals surface area contributed by atoms with Crippen molar-refractivity contribution >= 4 is 9.84 Å². The Hall–Kier alpha value is -1.08. The van der Waals surface area contributed by atoms with Crippen molar-refractivity contribution in [3.8, 4) is 0 Å². The fourth-order valence-corrected chi connectivity index (χ4v) is 2.00. The molecule has 0 aliphatic rings. The molecule has 0 saturated heterocycles. The first-order valence-electron chi connectivity index (χ1n) is 4.74. The Morgan fingerprint density at radius 2 is 1.71 bits per heavy atom. The molecule has 7 heteroatoms. The topological polar surface area (TPSA) is 60.2 Å². The minimum atomic E-state index is -3.50. The largest absolute Gasteiger partial charge is 0.323 e. The van der Waals surface area contributed by atoms with E-state index in [2.05, 4.69) is 0 Å². The van der Waals surface area contributed by atoms with Crippen molar-refractivity contribution in [2.75, 3.05) is 6.26 Å². The first-order chi connectivity index (χ1) is 7.66. The van der Waals surface area contributed by atoms with Crippen LogP contribution in [0, 0.1) is 17.5 Å². The van der Waals surface area contributed by atoms with E-state index in [0.29, 0.717) is 6.07 Å². The van der Waals surface area contributed by atoms with Crippen LogP contribution >= 0.6 is 0 Å². The molecular weight excluding hydrogens is 255 g/mol. The highest BCUT2D eigenvalue weighted by molar-refractivity contribution is 7.91. The van der Waals surface area contributed by atoms with E-state index in [4.69, 9.17) is 5.73 Å². The number of halogens is 3. The van der Waals surface area contributed by atoms with Gasteiger partial charge in [0.2, 0.25) is 0 Å². The van der Waals surface area contributed by atoms with Gasteiger partial charge in [-0.25, -0.2) is 21.6 Å². The number of rotatable bonds is 3. The van der Waals surface area contributed by atoms with Crippen molar-refractivity contribution in [2.45, 2.75) is 18.2 Å². The molecule has 2 unspecified atom stereocenters. The summed E-state index contributed by atoms with van der Waals surface area (Å²) in [6.07, 6.45) is 0.940. The Morgan fingerprint density at radius 3 is 2.18 bits per heavy atom. The van der Waals surface area contributed by atoms with Crippen LogP contribution in [0.3, 0.4) is 0 Å². The molecule has 0 aromatic heterocycles. The third-order valence-electron chi connectivity index (χ3n) is 2.61. The molecule has 0 radical (unpaired) electrons. The fraction of sp³-hybridized carbons (Fsp3) is 0.400. The van der Waals surface area contributed by atoms with E-state index in [9.17, 15) is 21.6 Å². The molecule has 1 aromatic rings. The molecule has 0 aliphatic heterocycles. The lowest BCUT2D eigenvalue weighted by Crippen LogP contribution is -2.31. The average Bonchev–Trinajstić information content (AvgIpc) is 2.23. The summed E-state index contributed by atoms with van der Waals surface area (Å²) in [5.41, 5.74) is 5.18. The van der Waals surface area contributed by atoms with Crippen molar-refractivity contribution in [1.29, 1.82) is 0 Å². The van der Waals surface area contributed by atoms with Crippen LogP contribution in [-0.2, 0) is 9.84 Å². The molecule has 0 amide bonds. The Labute approximate surface area is 97.4 Å². The van der Waals surface area contributed by atoms with E-state index in [1.165, 1.54) is 6.92 Å². The molecule has 3 nitrogen and oxygen atoms in total. The van der Waals surface area contributed by atoms with Crippen LogP contribution in [0.2, 0.25) is 0 Å². The lowest BCUT2D eigenvalue weighted by Gasteiger charge is -2.19. The van der Waals surface area contributed by atoms with Crippen LogP contribution in [0.5, 0.6) is 0 Å². The molecule has 96 valence electrons. The smallest absolute Gasteiger partial charge is 0.194 e. The summed E-state index contributed by atoms with van der Waals surface area (Å²) in [6, 6.07) is 0.406. The van der Waals surface area contributed by atoms with Gasteiger partial charge in [0.15, 0.2) is 27.3 Å². The zero-order chi connectivity index (χ0) is 13.4. The van der Waals surface area contributed by atoms with Crippen molar-refractivity contribution in [2.24, 2.45) is 5.73 Å². The number of nitrogens with two attached hydrogens (primary N) is 1. The standard InChI is InChI=1S/C10H12F3NO2S/c1-5(17(2,15)16)10(14)6-3-4-7(11)9(13)8(6)12/h3-5,10H,14H2,1-2H3. The van der Waals surface area contributed by atoms with Gasteiger partial charge >= 0.3 is 0 Å². The van der Waals surface area contributed by atoms with E-state index in [1.807, 2.05) is 0 Å². The quantitative estimate of drug-likeness (QED) is 0.845. The molecule has 1 rings (SSSR count). The minimum absolute atomic E-state index is 0.359. The minimum Gasteiger partial charge on any atom is -0.323 e. The monoisotopic (exact) mass is 267 g/mol. The van der Waals surface area contributed by atoms with Gasteiger partial charge < -0.3 is 5.73 Å². The van der Waals surface area contributed by atoms with Crippen molar-refractivity contribution in [1.82, 2.24) is 0 Å². The van der Waals surface area contributed by atoms with Gasteiger partial charge in [-0.2, -0.15) is 0 Å². The highest BCUT2D eigenvalue weighted by Crippen LogP contribution is 2.24. The molecular formula is C10H12F3NO2S. The maximum atomic E-state index is 13.4. The zero-order valence-corrected chi connectivity index (χ0v) is 10.1. The molecule has 0 fully saturated rings. The van der Waals surface area contributed by atoms with Gasteiger partial charge in [-0.1, -0.05) is 6.07 Å². The normalized spacial score (nSPS) is 15.6. The van der Waals surface area contributed by atoms with Crippen LogP contribution < -0.4 is 5.73 Å². The summed E-state index contributed by atoms with van der Waals surface area (Å²) in [5.74, 6) is -4.45. The van der Waals surface area contributed by atoms with Gasteiger partial charge in [0.25, 0.3) is 0 Å². The van der Waals surface area contributed by atoms with Gasteiger partial charge in [-0.3, -0.25) is 0 Å². The summed E-state index contributed by atoms with van der Waals surface area (Å²) < 4.78 is 61.5.